The largest absolute Gasteiger partial charge is 0.325 e. The van der Waals surface area contributed by atoms with Crippen LogP contribution in [0, 0.1) is 0 Å². The van der Waals surface area contributed by atoms with Gasteiger partial charge in [0.2, 0.25) is 5.91 Å². The van der Waals surface area contributed by atoms with Crippen molar-refractivity contribution in [1.82, 2.24) is 10.3 Å². The Morgan fingerprint density at radius 2 is 1.49 bits per heavy atom. The topological polar surface area (TPSA) is 100 Å². The highest BCUT2D eigenvalue weighted by Gasteiger charge is 2.17. The van der Waals surface area contributed by atoms with Crippen molar-refractivity contribution in [2.24, 2.45) is 0 Å². The second-order valence-corrected chi connectivity index (χ2v) is 9.93. The molecule has 0 spiro atoms. The van der Waals surface area contributed by atoms with E-state index in [0.29, 0.717) is 32.5 Å². The number of aromatic nitrogens is 1. The van der Waals surface area contributed by atoms with E-state index in [0.717, 1.165) is 4.90 Å². The summed E-state index contributed by atoms with van der Waals surface area (Å²) in [5, 5.41) is 8.91. The Kier molecular flexibility index (Phi) is 9.74. The standard InChI is InChI=1S/C29H22Cl2N4O3S/c30-24-10-5-11-25(31)23(24)17-26(35-28(37)19-6-2-1-3-7-19)29(38)34-21-8-4-9-22(16-21)39-18-27(36)33-20-12-14-32-15-13-20/h1-17H,18H2,(H,34,38)(H,35,37)(H,32,33,36)/b26-17+. The highest BCUT2D eigenvalue weighted by Crippen LogP contribution is 2.27. The lowest BCUT2D eigenvalue weighted by Gasteiger charge is -2.13. The van der Waals surface area contributed by atoms with Gasteiger partial charge < -0.3 is 16.0 Å². The summed E-state index contributed by atoms with van der Waals surface area (Å²) in [7, 11) is 0. The van der Waals surface area contributed by atoms with E-state index in [1.165, 1.54) is 17.8 Å². The normalized spacial score (nSPS) is 11.0. The van der Waals surface area contributed by atoms with Gasteiger partial charge in [-0.15, -0.1) is 11.8 Å². The molecule has 0 saturated carbocycles. The molecule has 39 heavy (non-hydrogen) atoms. The number of amides is 3. The van der Waals surface area contributed by atoms with Gasteiger partial charge in [0, 0.05) is 49.8 Å². The van der Waals surface area contributed by atoms with Crippen LogP contribution in [0.15, 0.2) is 108 Å². The van der Waals surface area contributed by atoms with E-state index in [1.54, 1.807) is 91.3 Å². The van der Waals surface area contributed by atoms with Crippen molar-refractivity contribution in [2.45, 2.75) is 4.90 Å². The summed E-state index contributed by atoms with van der Waals surface area (Å²) < 4.78 is 0. The number of halogens is 2. The molecule has 0 aliphatic carbocycles. The zero-order chi connectivity index (χ0) is 27.6. The molecule has 0 fully saturated rings. The van der Waals surface area contributed by atoms with Gasteiger partial charge in [-0.25, -0.2) is 0 Å². The quantitative estimate of drug-likeness (QED) is 0.155. The zero-order valence-corrected chi connectivity index (χ0v) is 22.7. The smallest absolute Gasteiger partial charge is 0.272 e. The minimum Gasteiger partial charge on any atom is -0.325 e. The van der Waals surface area contributed by atoms with E-state index in [4.69, 9.17) is 23.2 Å². The lowest BCUT2D eigenvalue weighted by Crippen LogP contribution is -2.30. The molecule has 3 N–H and O–H groups in total. The lowest BCUT2D eigenvalue weighted by atomic mass is 10.1. The van der Waals surface area contributed by atoms with Crippen LogP contribution in [-0.2, 0) is 9.59 Å². The van der Waals surface area contributed by atoms with Crippen molar-refractivity contribution in [3.63, 3.8) is 0 Å². The van der Waals surface area contributed by atoms with Gasteiger partial charge in [-0.2, -0.15) is 0 Å². The van der Waals surface area contributed by atoms with Crippen LogP contribution >= 0.6 is 35.0 Å². The van der Waals surface area contributed by atoms with E-state index < -0.39 is 11.8 Å². The van der Waals surface area contributed by atoms with E-state index >= 15 is 0 Å². The average molecular weight is 577 g/mol. The van der Waals surface area contributed by atoms with Crippen molar-refractivity contribution >= 4 is 70.1 Å². The first-order valence-corrected chi connectivity index (χ1v) is 13.4. The molecule has 0 bridgehead atoms. The number of thioether (sulfide) groups is 1. The molecule has 0 aliphatic rings. The van der Waals surface area contributed by atoms with Crippen LogP contribution in [0.1, 0.15) is 15.9 Å². The van der Waals surface area contributed by atoms with E-state index in [2.05, 4.69) is 20.9 Å². The highest BCUT2D eigenvalue weighted by molar-refractivity contribution is 8.00. The third-order valence-electron chi connectivity index (χ3n) is 5.24. The molecule has 0 aliphatic heterocycles. The maximum atomic E-state index is 13.3. The number of benzene rings is 3. The fourth-order valence-corrected chi connectivity index (χ4v) is 4.64. The number of hydrogen-bond donors (Lipinski definition) is 3. The first kappa shape index (κ1) is 27.9. The van der Waals surface area contributed by atoms with Crippen molar-refractivity contribution in [2.75, 3.05) is 16.4 Å². The van der Waals surface area contributed by atoms with Crippen LogP contribution in [-0.4, -0.2) is 28.5 Å². The molecule has 1 heterocycles. The van der Waals surface area contributed by atoms with Gasteiger partial charge in [-0.1, -0.05) is 53.5 Å². The maximum Gasteiger partial charge on any atom is 0.272 e. The predicted octanol–water partition coefficient (Wildman–Crippen LogP) is 6.53. The summed E-state index contributed by atoms with van der Waals surface area (Å²) in [5.74, 6) is -1.05. The van der Waals surface area contributed by atoms with E-state index in [1.807, 2.05) is 6.07 Å². The monoisotopic (exact) mass is 576 g/mol. The SMILES string of the molecule is O=C(CSc1cccc(NC(=O)/C(=C\c2c(Cl)cccc2Cl)NC(=O)c2ccccc2)c1)Nc1ccncc1. The van der Waals surface area contributed by atoms with Gasteiger partial charge >= 0.3 is 0 Å². The highest BCUT2D eigenvalue weighted by atomic mass is 35.5. The van der Waals surface area contributed by atoms with Crippen molar-refractivity contribution in [1.29, 1.82) is 0 Å². The number of nitrogens with zero attached hydrogens (tertiary/aromatic N) is 1. The Balaban J connectivity index is 1.49. The average Bonchev–Trinajstić information content (AvgIpc) is 2.94. The molecular weight excluding hydrogens is 555 g/mol. The summed E-state index contributed by atoms with van der Waals surface area (Å²) >= 11 is 13.9. The molecule has 0 saturated heterocycles. The Labute approximate surface area is 239 Å². The molecule has 0 unspecified atom stereocenters. The number of pyridine rings is 1. The zero-order valence-electron chi connectivity index (χ0n) is 20.4. The van der Waals surface area contributed by atoms with Gasteiger partial charge in [0.25, 0.3) is 11.8 Å². The number of hydrogen-bond acceptors (Lipinski definition) is 5. The van der Waals surface area contributed by atoms with Crippen LogP contribution in [0.5, 0.6) is 0 Å². The minimum atomic E-state index is -0.576. The molecule has 0 radical (unpaired) electrons. The van der Waals surface area contributed by atoms with Gasteiger partial charge in [0.1, 0.15) is 5.70 Å². The molecule has 4 rings (SSSR count). The van der Waals surface area contributed by atoms with Crippen LogP contribution in [0.2, 0.25) is 10.0 Å². The molecular formula is C29H22Cl2N4O3S. The third kappa shape index (κ3) is 8.19. The second-order valence-electron chi connectivity index (χ2n) is 8.07. The Bertz CT molecular complexity index is 1500. The van der Waals surface area contributed by atoms with Crippen LogP contribution < -0.4 is 16.0 Å². The summed E-state index contributed by atoms with van der Waals surface area (Å²) in [4.78, 5) is 43.2. The summed E-state index contributed by atoms with van der Waals surface area (Å²) in [5.41, 5.74) is 1.86. The third-order valence-corrected chi connectivity index (χ3v) is 6.90. The Morgan fingerprint density at radius 3 is 2.21 bits per heavy atom. The van der Waals surface area contributed by atoms with E-state index in [-0.39, 0.29) is 17.4 Å². The first-order chi connectivity index (χ1) is 18.9. The van der Waals surface area contributed by atoms with Gasteiger partial charge in [-0.05, 0) is 60.7 Å². The Morgan fingerprint density at radius 1 is 0.795 bits per heavy atom. The molecule has 4 aromatic rings. The predicted molar refractivity (Wildman–Crippen MR) is 157 cm³/mol. The number of nitrogens with one attached hydrogen (secondary N) is 3. The first-order valence-electron chi connectivity index (χ1n) is 11.7. The molecule has 1 aromatic heterocycles. The summed E-state index contributed by atoms with van der Waals surface area (Å²) in [6.07, 6.45) is 4.63. The van der Waals surface area contributed by atoms with E-state index in [9.17, 15) is 14.4 Å². The minimum absolute atomic E-state index is 0.0476. The summed E-state index contributed by atoms with van der Waals surface area (Å²) in [6, 6.07) is 23.9. The fourth-order valence-electron chi connectivity index (χ4n) is 3.38. The second kappa shape index (κ2) is 13.6. The van der Waals surface area contributed by atoms with Crippen LogP contribution in [0.4, 0.5) is 11.4 Å². The van der Waals surface area contributed by atoms with Crippen molar-refractivity contribution in [3.8, 4) is 0 Å². The Hall–Kier alpha value is -4.11. The molecule has 196 valence electrons. The van der Waals surface area contributed by atoms with Gasteiger partial charge in [0.05, 0.1) is 5.75 Å². The summed E-state index contributed by atoms with van der Waals surface area (Å²) in [6.45, 7) is 0. The number of rotatable bonds is 9. The number of carbonyl (C=O) groups is 3. The van der Waals surface area contributed by atoms with Gasteiger partial charge in [-0.3, -0.25) is 19.4 Å². The van der Waals surface area contributed by atoms with Crippen molar-refractivity contribution in [3.05, 3.63) is 124 Å². The van der Waals surface area contributed by atoms with Gasteiger partial charge in [0.15, 0.2) is 0 Å². The molecule has 10 heteroatoms. The van der Waals surface area contributed by atoms with Crippen molar-refractivity contribution < 1.29 is 14.4 Å². The lowest BCUT2D eigenvalue weighted by molar-refractivity contribution is -0.114. The molecule has 0 atom stereocenters. The van der Waals surface area contributed by atoms with Crippen LogP contribution in [0.3, 0.4) is 0 Å². The maximum absolute atomic E-state index is 13.3. The number of anilines is 2. The fraction of sp³-hybridized carbons (Fsp3) is 0.0345. The molecule has 3 amide bonds. The molecule has 7 nitrogen and oxygen atoms in total. The molecule has 3 aromatic carbocycles. The number of carbonyl (C=O) groups excluding carboxylic acids is 3. The van der Waals surface area contributed by atoms with Crippen LogP contribution in [0.25, 0.3) is 6.08 Å².